The first-order chi connectivity index (χ1) is 13.3. The molecule has 148 valence electrons. The van der Waals surface area contributed by atoms with Crippen molar-refractivity contribution in [3.8, 4) is 17.1 Å². The van der Waals surface area contributed by atoms with Crippen LogP contribution in [0.1, 0.15) is 47.4 Å². The number of aromatic nitrogens is 2. The molecule has 0 fully saturated rings. The van der Waals surface area contributed by atoms with Gasteiger partial charge in [0.05, 0.1) is 12.8 Å². The van der Waals surface area contributed by atoms with E-state index in [2.05, 4.69) is 18.9 Å². The van der Waals surface area contributed by atoms with Crippen LogP contribution in [0.2, 0.25) is 0 Å². The number of nitrogens with zero attached hydrogens (tertiary/aromatic N) is 3. The Labute approximate surface area is 165 Å². The van der Waals surface area contributed by atoms with E-state index in [4.69, 9.17) is 9.15 Å². The van der Waals surface area contributed by atoms with Crippen LogP contribution in [-0.2, 0) is 6.54 Å². The molecule has 1 amide bonds. The molecule has 0 bridgehead atoms. The van der Waals surface area contributed by atoms with E-state index in [0.29, 0.717) is 18.1 Å². The average molecular weight is 381 g/mol. The normalized spacial score (nSPS) is 11.1. The number of hydrogen-bond donors (Lipinski definition) is 0. The van der Waals surface area contributed by atoms with Crippen molar-refractivity contribution in [1.82, 2.24) is 14.7 Å². The van der Waals surface area contributed by atoms with Crippen molar-refractivity contribution in [2.45, 2.75) is 40.3 Å². The molecule has 0 unspecified atom stereocenters. The highest BCUT2D eigenvalue weighted by Crippen LogP contribution is 2.26. The minimum absolute atomic E-state index is 0.162. The molecular formula is C22H27N3O3. The topological polar surface area (TPSA) is 60.5 Å². The molecule has 0 saturated carbocycles. The Hall–Kier alpha value is -3.02. The summed E-state index contributed by atoms with van der Waals surface area (Å²) >= 11 is 0. The van der Waals surface area contributed by atoms with Gasteiger partial charge in [0.15, 0.2) is 5.76 Å². The molecule has 2 aromatic heterocycles. The van der Waals surface area contributed by atoms with Crippen LogP contribution in [0.3, 0.4) is 0 Å². The minimum atomic E-state index is -0.162. The molecule has 6 nitrogen and oxygen atoms in total. The van der Waals surface area contributed by atoms with E-state index in [9.17, 15) is 4.79 Å². The van der Waals surface area contributed by atoms with Gasteiger partial charge in [0.1, 0.15) is 11.5 Å². The molecule has 0 N–H and O–H groups in total. The van der Waals surface area contributed by atoms with E-state index in [1.54, 1.807) is 25.1 Å². The van der Waals surface area contributed by atoms with Gasteiger partial charge in [-0.15, -0.1) is 0 Å². The fourth-order valence-electron chi connectivity index (χ4n) is 3.31. The van der Waals surface area contributed by atoms with Gasteiger partial charge in [-0.25, -0.2) is 0 Å². The maximum atomic E-state index is 12.9. The van der Waals surface area contributed by atoms with E-state index in [1.807, 2.05) is 48.9 Å². The number of methoxy groups -OCH3 is 1. The maximum Gasteiger partial charge on any atom is 0.289 e. The summed E-state index contributed by atoms with van der Waals surface area (Å²) in [7, 11) is 3.40. The molecule has 1 aromatic carbocycles. The zero-order valence-electron chi connectivity index (χ0n) is 17.3. The maximum absolute atomic E-state index is 12.9. The second kappa shape index (κ2) is 7.92. The molecule has 3 aromatic rings. The average Bonchev–Trinajstić information content (AvgIpc) is 3.28. The molecule has 0 atom stereocenters. The van der Waals surface area contributed by atoms with Gasteiger partial charge in [-0.05, 0) is 52.0 Å². The third kappa shape index (κ3) is 3.81. The highest BCUT2D eigenvalue weighted by molar-refractivity contribution is 5.92. The van der Waals surface area contributed by atoms with Gasteiger partial charge < -0.3 is 14.1 Å². The minimum Gasteiger partial charge on any atom is -0.497 e. The van der Waals surface area contributed by atoms with Crippen molar-refractivity contribution >= 4 is 5.91 Å². The quantitative estimate of drug-likeness (QED) is 0.625. The van der Waals surface area contributed by atoms with Crippen LogP contribution in [0, 0.1) is 13.8 Å². The van der Waals surface area contributed by atoms with Gasteiger partial charge in [-0.1, -0.05) is 12.1 Å². The first kappa shape index (κ1) is 19.7. The fourth-order valence-corrected chi connectivity index (χ4v) is 3.31. The summed E-state index contributed by atoms with van der Waals surface area (Å²) in [6, 6.07) is 11.4. The summed E-state index contributed by atoms with van der Waals surface area (Å²) in [6.07, 6.45) is 0. The predicted octanol–water partition coefficient (Wildman–Crippen LogP) is 4.62. The van der Waals surface area contributed by atoms with E-state index in [1.165, 1.54) is 0 Å². The number of rotatable bonds is 6. The predicted molar refractivity (Wildman–Crippen MR) is 109 cm³/mol. The number of furan rings is 1. The standard InChI is InChI=1S/C22H27N3O3/c1-14(2)25-16(4)19(15(3)23-25)13-24(5)22(26)21-11-10-20(28-21)17-8-7-9-18(12-17)27-6/h7-12,14H,13H2,1-6H3. The zero-order valence-corrected chi connectivity index (χ0v) is 17.3. The number of carbonyl (C=O) groups excluding carboxylic acids is 1. The molecule has 6 heteroatoms. The van der Waals surface area contributed by atoms with E-state index >= 15 is 0 Å². The summed E-state index contributed by atoms with van der Waals surface area (Å²) in [6.45, 7) is 8.70. The Balaban J connectivity index is 1.78. The van der Waals surface area contributed by atoms with Gasteiger partial charge in [0.2, 0.25) is 0 Å². The second-order valence-corrected chi connectivity index (χ2v) is 7.24. The van der Waals surface area contributed by atoms with Crippen LogP contribution in [-0.4, -0.2) is 34.7 Å². The van der Waals surface area contributed by atoms with Crippen molar-refractivity contribution in [3.05, 3.63) is 59.1 Å². The van der Waals surface area contributed by atoms with E-state index < -0.39 is 0 Å². The van der Waals surface area contributed by atoms with Crippen molar-refractivity contribution in [3.63, 3.8) is 0 Å². The van der Waals surface area contributed by atoms with Crippen molar-refractivity contribution in [1.29, 1.82) is 0 Å². The molecule has 0 radical (unpaired) electrons. The number of aryl methyl sites for hydroxylation is 1. The molecule has 3 rings (SSSR count). The molecule has 0 aliphatic rings. The van der Waals surface area contributed by atoms with Crippen LogP contribution in [0.4, 0.5) is 0 Å². The Morgan fingerprint density at radius 2 is 2.00 bits per heavy atom. The first-order valence-corrected chi connectivity index (χ1v) is 9.36. The fraction of sp³-hybridized carbons (Fsp3) is 0.364. The molecule has 28 heavy (non-hydrogen) atoms. The van der Waals surface area contributed by atoms with Crippen LogP contribution >= 0.6 is 0 Å². The van der Waals surface area contributed by atoms with E-state index in [0.717, 1.165) is 28.3 Å². The van der Waals surface area contributed by atoms with Crippen molar-refractivity contribution in [2.75, 3.05) is 14.2 Å². The first-order valence-electron chi connectivity index (χ1n) is 9.36. The van der Waals surface area contributed by atoms with Gasteiger partial charge in [0, 0.05) is 36.5 Å². The van der Waals surface area contributed by atoms with E-state index in [-0.39, 0.29) is 11.9 Å². The summed E-state index contributed by atoms with van der Waals surface area (Å²) < 4.78 is 13.1. The highest BCUT2D eigenvalue weighted by Gasteiger charge is 2.21. The number of carbonyl (C=O) groups is 1. The Morgan fingerprint density at radius 3 is 2.64 bits per heavy atom. The number of benzene rings is 1. The third-order valence-electron chi connectivity index (χ3n) is 4.88. The van der Waals surface area contributed by atoms with Crippen LogP contribution in [0.5, 0.6) is 5.75 Å². The lowest BCUT2D eigenvalue weighted by Gasteiger charge is -2.16. The van der Waals surface area contributed by atoms with Crippen LogP contribution in [0.25, 0.3) is 11.3 Å². The summed E-state index contributed by atoms with van der Waals surface area (Å²) in [5.74, 6) is 1.53. The number of amides is 1. The Kier molecular flexibility index (Phi) is 5.58. The summed E-state index contributed by atoms with van der Waals surface area (Å²) in [4.78, 5) is 14.5. The lowest BCUT2D eigenvalue weighted by atomic mass is 10.1. The molecule has 0 aliphatic carbocycles. The van der Waals surface area contributed by atoms with Crippen molar-refractivity contribution in [2.24, 2.45) is 0 Å². The smallest absolute Gasteiger partial charge is 0.289 e. The largest absolute Gasteiger partial charge is 0.497 e. The summed E-state index contributed by atoms with van der Waals surface area (Å²) in [5, 5.41) is 4.60. The Bertz CT molecular complexity index is 985. The molecule has 2 heterocycles. The summed E-state index contributed by atoms with van der Waals surface area (Å²) in [5.41, 5.74) is 3.97. The molecular weight excluding hydrogens is 354 g/mol. The van der Waals surface area contributed by atoms with Crippen LogP contribution < -0.4 is 4.74 Å². The Morgan fingerprint density at radius 1 is 1.25 bits per heavy atom. The van der Waals surface area contributed by atoms with Gasteiger partial charge in [-0.3, -0.25) is 9.48 Å². The van der Waals surface area contributed by atoms with Gasteiger partial charge in [0.25, 0.3) is 5.91 Å². The number of hydrogen-bond acceptors (Lipinski definition) is 4. The highest BCUT2D eigenvalue weighted by atomic mass is 16.5. The van der Waals surface area contributed by atoms with Gasteiger partial charge >= 0.3 is 0 Å². The van der Waals surface area contributed by atoms with Crippen molar-refractivity contribution < 1.29 is 13.9 Å². The molecule has 0 spiro atoms. The zero-order chi connectivity index (χ0) is 20.4. The lowest BCUT2D eigenvalue weighted by molar-refractivity contribution is 0.0754. The monoisotopic (exact) mass is 381 g/mol. The lowest BCUT2D eigenvalue weighted by Crippen LogP contribution is -2.26. The number of ether oxygens (including phenoxy) is 1. The molecule has 0 aliphatic heterocycles. The third-order valence-corrected chi connectivity index (χ3v) is 4.88. The molecule has 0 saturated heterocycles. The van der Waals surface area contributed by atoms with Crippen LogP contribution in [0.15, 0.2) is 40.8 Å². The second-order valence-electron chi connectivity index (χ2n) is 7.24. The SMILES string of the molecule is COc1cccc(-c2ccc(C(=O)N(C)Cc3c(C)nn(C(C)C)c3C)o2)c1. The van der Waals surface area contributed by atoms with Gasteiger partial charge in [-0.2, -0.15) is 5.10 Å².